The fraction of sp³-hybridized carbons (Fsp3) is 0.917. The topological polar surface area (TPSA) is 20.3 Å². The average molecular weight is 229 g/mol. The van der Waals surface area contributed by atoms with Crippen molar-refractivity contribution in [1.82, 2.24) is 4.90 Å². The van der Waals surface area contributed by atoms with Gasteiger partial charge in [0.1, 0.15) is 0 Å². The van der Waals surface area contributed by atoms with E-state index in [1.165, 1.54) is 19.3 Å². The largest absolute Gasteiger partial charge is 0.342 e. The maximum Gasteiger partial charge on any atom is 0.222 e. The Hall–Kier alpha value is -0.180. The zero-order valence-corrected chi connectivity index (χ0v) is 10.6. The molecule has 1 atom stereocenters. The number of hydrogen-bond acceptors (Lipinski definition) is 2. The fourth-order valence-corrected chi connectivity index (χ4v) is 2.34. The summed E-state index contributed by atoms with van der Waals surface area (Å²) in [5.74, 6) is 1.98. The molecule has 1 saturated heterocycles. The van der Waals surface area contributed by atoms with Crippen molar-refractivity contribution >= 4 is 18.5 Å². The van der Waals surface area contributed by atoms with Gasteiger partial charge in [0.05, 0.1) is 0 Å². The van der Waals surface area contributed by atoms with Gasteiger partial charge in [-0.1, -0.05) is 26.2 Å². The lowest BCUT2D eigenvalue weighted by atomic mass is 10.1. The van der Waals surface area contributed by atoms with E-state index in [0.717, 1.165) is 38.1 Å². The zero-order chi connectivity index (χ0) is 11.1. The molecule has 15 heavy (non-hydrogen) atoms. The van der Waals surface area contributed by atoms with Gasteiger partial charge in [0.2, 0.25) is 5.91 Å². The van der Waals surface area contributed by atoms with E-state index in [4.69, 9.17) is 0 Å². The lowest BCUT2D eigenvalue weighted by Gasteiger charge is -2.15. The summed E-state index contributed by atoms with van der Waals surface area (Å²) < 4.78 is 0. The van der Waals surface area contributed by atoms with Gasteiger partial charge in [-0.3, -0.25) is 4.79 Å². The molecule has 0 bridgehead atoms. The van der Waals surface area contributed by atoms with E-state index in [2.05, 4.69) is 24.5 Å². The van der Waals surface area contributed by atoms with Gasteiger partial charge in [-0.2, -0.15) is 12.6 Å². The Morgan fingerprint density at radius 2 is 2.07 bits per heavy atom. The van der Waals surface area contributed by atoms with E-state index in [9.17, 15) is 4.79 Å². The molecule has 1 heterocycles. The molecule has 1 aliphatic heterocycles. The molecular weight excluding hydrogens is 206 g/mol. The van der Waals surface area contributed by atoms with Crippen LogP contribution in [0.2, 0.25) is 0 Å². The quantitative estimate of drug-likeness (QED) is 0.526. The van der Waals surface area contributed by atoms with E-state index in [-0.39, 0.29) is 0 Å². The number of rotatable bonds is 7. The first-order valence-electron chi connectivity index (χ1n) is 6.16. The van der Waals surface area contributed by atoms with Crippen LogP contribution in [0.5, 0.6) is 0 Å². The third-order valence-corrected chi connectivity index (χ3v) is 3.52. The van der Waals surface area contributed by atoms with Crippen molar-refractivity contribution in [3.63, 3.8) is 0 Å². The standard InChI is InChI=1S/C12H23NOS/c1-2-11-9-12(14)13(10-11)7-5-3-4-6-8-15/h11,15H,2-10H2,1H3. The maximum atomic E-state index is 11.6. The highest BCUT2D eigenvalue weighted by molar-refractivity contribution is 7.80. The fourth-order valence-electron chi connectivity index (χ4n) is 2.11. The van der Waals surface area contributed by atoms with Crippen molar-refractivity contribution in [3.8, 4) is 0 Å². The molecule has 0 aromatic heterocycles. The summed E-state index contributed by atoms with van der Waals surface area (Å²) in [6, 6.07) is 0. The molecule has 3 heteroatoms. The van der Waals surface area contributed by atoms with Crippen LogP contribution < -0.4 is 0 Å². The number of amides is 1. The van der Waals surface area contributed by atoms with Crippen molar-refractivity contribution < 1.29 is 4.79 Å². The molecule has 1 fully saturated rings. The molecule has 0 saturated carbocycles. The Balaban J connectivity index is 2.08. The van der Waals surface area contributed by atoms with Gasteiger partial charge in [-0.05, 0) is 24.5 Å². The molecule has 2 nitrogen and oxygen atoms in total. The Morgan fingerprint density at radius 3 is 2.67 bits per heavy atom. The number of carbonyl (C=O) groups is 1. The van der Waals surface area contributed by atoms with Crippen molar-refractivity contribution in [2.45, 2.75) is 45.4 Å². The van der Waals surface area contributed by atoms with Gasteiger partial charge in [0, 0.05) is 19.5 Å². The lowest BCUT2D eigenvalue weighted by Crippen LogP contribution is -2.26. The van der Waals surface area contributed by atoms with Crippen LogP contribution in [0.1, 0.15) is 45.4 Å². The van der Waals surface area contributed by atoms with Crippen LogP contribution in [-0.4, -0.2) is 29.6 Å². The highest BCUT2D eigenvalue weighted by Gasteiger charge is 2.27. The summed E-state index contributed by atoms with van der Waals surface area (Å²) in [7, 11) is 0. The SMILES string of the molecule is CCC1CC(=O)N(CCCCCCS)C1. The minimum absolute atomic E-state index is 0.371. The van der Waals surface area contributed by atoms with E-state index < -0.39 is 0 Å². The maximum absolute atomic E-state index is 11.6. The molecule has 1 rings (SSSR count). The molecular formula is C12H23NOS. The van der Waals surface area contributed by atoms with Gasteiger partial charge in [-0.25, -0.2) is 0 Å². The average Bonchev–Trinajstić information content (AvgIpc) is 2.59. The van der Waals surface area contributed by atoms with E-state index in [0.29, 0.717) is 11.8 Å². The third kappa shape index (κ3) is 4.45. The van der Waals surface area contributed by atoms with Gasteiger partial charge in [-0.15, -0.1) is 0 Å². The summed E-state index contributed by atoms with van der Waals surface area (Å²) in [6.45, 7) is 4.15. The third-order valence-electron chi connectivity index (χ3n) is 3.21. The summed E-state index contributed by atoms with van der Waals surface area (Å²) in [6.07, 6.45) is 6.78. The predicted molar refractivity (Wildman–Crippen MR) is 67.3 cm³/mol. The Kier molecular flexibility index (Phi) is 6.15. The monoisotopic (exact) mass is 229 g/mol. The Morgan fingerprint density at radius 1 is 1.33 bits per heavy atom. The smallest absolute Gasteiger partial charge is 0.222 e. The second-order valence-corrected chi connectivity index (χ2v) is 4.90. The molecule has 88 valence electrons. The minimum atomic E-state index is 0.371. The predicted octanol–water partition coefficient (Wildman–Crippen LogP) is 2.74. The molecule has 1 amide bonds. The number of hydrogen-bond donors (Lipinski definition) is 1. The number of unbranched alkanes of at least 4 members (excludes halogenated alkanes) is 3. The van der Waals surface area contributed by atoms with Crippen LogP contribution in [0.4, 0.5) is 0 Å². The Bertz CT molecular complexity index is 196. The summed E-state index contributed by atoms with van der Waals surface area (Å²) >= 11 is 4.18. The normalized spacial score (nSPS) is 21.3. The van der Waals surface area contributed by atoms with Crippen molar-refractivity contribution in [3.05, 3.63) is 0 Å². The van der Waals surface area contributed by atoms with E-state index in [1.54, 1.807) is 0 Å². The first kappa shape index (κ1) is 12.9. The molecule has 1 aliphatic rings. The zero-order valence-electron chi connectivity index (χ0n) is 9.74. The minimum Gasteiger partial charge on any atom is -0.342 e. The van der Waals surface area contributed by atoms with Crippen LogP contribution in [0, 0.1) is 5.92 Å². The van der Waals surface area contributed by atoms with Crippen molar-refractivity contribution in [1.29, 1.82) is 0 Å². The van der Waals surface area contributed by atoms with E-state index in [1.807, 2.05) is 0 Å². The lowest BCUT2D eigenvalue weighted by molar-refractivity contribution is -0.127. The van der Waals surface area contributed by atoms with Gasteiger partial charge in [0.25, 0.3) is 0 Å². The molecule has 0 N–H and O–H groups in total. The molecule has 0 aromatic rings. The number of nitrogens with zero attached hydrogens (tertiary/aromatic N) is 1. The highest BCUT2D eigenvalue weighted by atomic mass is 32.1. The van der Waals surface area contributed by atoms with Crippen LogP contribution in [-0.2, 0) is 4.79 Å². The first-order valence-corrected chi connectivity index (χ1v) is 6.79. The van der Waals surface area contributed by atoms with Crippen molar-refractivity contribution in [2.24, 2.45) is 5.92 Å². The summed E-state index contributed by atoms with van der Waals surface area (Å²) in [5.41, 5.74) is 0. The molecule has 1 unspecified atom stereocenters. The molecule has 0 radical (unpaired) electrons. The van der Waals surface area contributed by atoms with Gasteiger partial charge in [0.15, 0.2) is 0 Å². The van der Waals surface area contributed by atoms with Gasteiger partial charge < -0.3 is 4.90 Å². The highest BCUT2D eigenvalue weighted by Crippen LogP contribution is 2.20. The Labute approximate surface area is 98.8 Å². The van der Waals surface area contributed by atoms with Crippen LogP contribution in [0.15, 0.2) is 0 Å². The first-order chi connectivity index (χ1) is 7.27. The van der Waals surface area contributed by atoms with Crippen LogP contribution in [0.3, 0.4) is 0 Å². The number of thiol groups is 1. The summed E-state index contributed by atoms with van der Waals surface area (Å²) in [5, 5.41) is 0. The molecule has 0 spiro atoms. The summed E-state index contributed by atoms with van der Waals surface area (Å²) in [4.78, 5) is 13.6. The molecule has 0 aromatic carbocycles. The number of likely N-dealkylation sites (tertiary alicyclic amines) is 1. The second kappa shape index (κ2) is 7.15. The van der Waals surface area contributed by atoms with Gasteiger partial charge >= 0.3 is 0 Å². The second-order valence-electron chi connectivity index (χ2n) is 4.46. The van der Waals surface area contributed by atoms with Crippen LogP contribution >= 0.6 is 12.6 Å². The number of carbonyl (C=O) groups excluding carboxylic acids is 1. The van der Waals surface area contributed by atoms with Crippen LogP contribution in [0.25, 0.3) is 0 Å². The molecule has 0 aliphatic carbocycles. The van der Waals surface area contributed by atoms with Crippen molar-refractivity contribution in [2.75, 3.05) is 18.8 Å². The van der Waals surface area contributed by atoms with E-state index >= 15 is 0 Å².